The minimum Gasteiger partial charge on any atom is -0.307 e. The van der Waals surface area contributed by atoms with Crippen molar-refractivity contribution in [3.8, 4) is 0 Å². The Morgan fingerprint density at radius 1 is 0.794 bits per heavy atom. The molecule has 2 amide bonds. The lowest BCUT2D eigenvalue weighted by Gasteiger charge is -2.27. The molecular formula is C31H40N2O. The number of hydrogen-bond acceptors (Lipinski definition) is 1. The summed E-state index contributed by atoms with van der Waals surface area (Å²) in [6, 6.07) is 21.1. The summed E-state index contributed by atoms with van der Waals surface area (Å²) in [4.78, 5) is 15.7. The summed E-state index contributed by atoms with van der Waals surface area (Å²) in [5.74, 6) is 1.07. The Balaban J connectivity index is 2.03. The van der Waals surface area contributed by atoms with Crippen LogP contribution >= 0.6 is 0 Å². The van der Waals surface area contributed by atoms with Crippen molar-refractivity contribution in [1.82, 2.24) is 0 Å². The number of benzene rings is 3. The van der Waals surface area contributed by atoms with Crippen LogP contribution in [0.2, 0.25) is 0 Å². The number of amides is 2. The van der Waals surface area contributed by atoms with Crippen molar-refractivity contribution in [3.63, 3.8) is 0 Å². The second-order valence-electron chi connectivity index (χ2n) is 10.3. The second kappa shape index (κ2) is 10.9. The molecule has 3 aromatic rings. The molecule has 0 aromatic heterocycles. The third-order valence-electron chi connectivity index (χ3n) is 6.55. The van der Waals surface area contributed by atoms with Crippen molar-refractivity contribution < 1.29 is 4.79 Å². The number of aryl methyl sites for hydroxylation is 2. The lowest BCUT2D eigenvalue weighted by atomic mass is 9.92. The molecule has 0 saturated carbocycles. The Morgan fingerprint density at radius 3 is 1.88 bits per heavy atom. The number of carbonyl (C=O) groups excluding carboxylic acids is 1. The van der Waals surface area contributed by atoms with Gasteiger partial charge in [-0.2, -0.15) is 0 Å². The van der Waals surface area contributed by atoms with Gasteiger partial charge in [0, 0.05) is 11.4 Å². The van der Waals surface area contributed by atoms with E-state index in [1.54, 1.807) is 0 Å². The highest BCUT2D eigenvalue weighted by Gasteiger charge is 2.22. The van der Waals surface area contributed by atoms with E-state index in [9.17, 15) is 4.79 Å². The number of anilines is 2. The molecule has 3 heteroatoms. The van der Waals surface area contributed by atoms with Crippen molar-refractivity contribution in [2.24, 2.45) is 0 Å². The van der Waals surface area contributed by atoms with Gasteiger partial charge in [0.05, 0.1) is 6.54 Å². The highest BCUT2D eigenvalue weighted by atomic mass is 16.2. The molecule has 3 aromatic carbocycles. The first-order valence-electron chi connectivity index (χ1n) is 12.5. The zero-order chi connectivity index (χ0) is 25.0. The van der Waals surface area contributed by atoms with E-state index < -0.39 is 0 Å². The molecule has 0 saturated heterocycles. The molecule has 3 nitrogen and oxygen atoms in total. The van der Waals surface area contributed by atoms with E-state index in [0.29, 0.717) is 24.3 Å². The highest BCUT2D eigenvalue weighted by Crippen LogP contribution is 2.33. The molecule has 0 bridgehead atoms. The van der Waals surface area contributed by atoms with E-state index >= 15 is 0 Å². The fourth-order valence-corrected chi connectivity index (χ4v) is 4.38. The minimum atomic E-state index is -0.104. The van der Waals surface area contributed by atoms with E-state index in [4.69, 9.17) is 0 Å². The molecule has 0 radical (unpaired) electrons. The van der Waals surface area contributed by atoms with Gasteiger partial charge in [-0.25, -0.2) is 4.79 Å². The summed E-state index contributed by atoms with van der Waals surface area (Å²) in [6.07, 6.45) is 0. The number of nitrogens with zero attached hydrogens (tertiary/aromatic N) is 1. The van der Waals surface area contributed by atoms with Crippen LogP contribution in [-0.4, -0.2) is 6.03 Å². The Hall–Kier alpha value is -3.07. The molecule has 34 heavy (non-hydrogen) atoms. The molecule has 0 aliphatic carbocycles. The monoisotopic (exact) mass is 456 g/mol. The predicted octanol–water partition coefficient (Wildman–Crippen LogP) is 8.91. The van der Waals surface area contributed by atoms with Crippen LogP contribution in [0.4, 0.5) is 16.2 Å². The Labute approximate surface area is 206 Å². The van der Waals surface area contributed by atoms with Crippen molar-refractivity contribution in [1.29, 1.82) is 0 Å². The third-order valence-corrected chi connectivity index (χ3v) is 6.55. The Morgan fingerprint density at radius 2 is 1.38 bits per heavy atom. The Kier molecular flexibility index (Phi) is 8.19. The van der Waals surface area contributed by atoms with Crippen LogP contribution in [0.15, 0.2) is 60.7 Å². The van der Waals surface area contributed by atoms with Crippen LogP contribution in [0.3, 0.4) is 0 Å². The lowest BCUT2D eigenvalue weighted by molar-refractivity contribution is 0.256. The van der Waals surface area contributed by atoms with Crippen LogP contribution in [0.5, 0.6) is 0 Å². The van der Waals surface area contributed by atoms with Gasteiger partial charge < -0.3 is 5.32 Å². The van der Waals surface area contributed by atoms with Crippen LogP contribution in [0, 0.1) is 13.8 Å². The van der Waals surface area contributed by atoms with Crippen molar-refractivity contribution in [2.75, 3.05) is 10.2 Å². The standard InChI is InChI=1S/C31H40N2O/c1-20(2)25-14-16-27(17-15-25)33(19-26-13-12-23(7)18-24(26)8)31(34)32-30-28(21(3)4)10-9-11-29(30)22(5)6/h9-18,20-22H,19H2,1-8H3,(H,32,34). The van der Waals surface area contributed by atoms with Gasteiger partial charge in [0.2, 0.25) is 0 Å². The zero-order valence-electron chi connectivity index (χ0n) is 22.1. The van der Waals surface area contributed by atoms with Gasteiger partial charge in [-0.05, 0) is 71.6 Å². The number of hydrogen-bond donors (Lipinski definition) is 1. The first-order chi connectivity index (χ1) is 16.1. The van der Waals surface area contributed by atoms with Crippen molar-refractivity contribution in [3.05, 3.63) is 94.0 Å². The summed E-state index contributed by atoms with van der Waals surface area (Å²) in [6.45, 7) is 17.8. The first kappa shape index (κ1) is 25.6. The van der Waals surface area contributed by atoms with E-state index in [-0.39, 0.29) is 6.03 Å². The van der Waals surface area contributed by atoms with Crippen LogP contribution in [0.25, 0.3) is 0 Å². The SMILES string of the molecule is Cc1ccc(CN(C(=O)Nc2c(C(C)C)cccc2C(C)C)c2ccc(C(C)C)cc2)c(C)c1. The molecule has 0 unspecified atom stereocenters. The number of carbonyl (C=O) groups is 1. The summed E-state index contributed by atoms with van der Waals surface area (Å²) in [7, 11) is 0. The average Bonchev–Trinajstić information content (AvgIpc) is 2.78. The normalized spacial score (nSPS) is 11.4. The number of urea groups is 1. The Bertz CT molecular complexity index is 1100. The molecule has 0 aliphatic rings. The lowest BCUT2D eigenvalue weighted by Crippen LogP contribution is -2.35. The smallest absolute Gasteiger partial charge is 0.307 e. The molecule has 180 valence electrons. The molecule has 3 rings (SSSR count). The predicted molar refractivity (Wildman–Crippen MR) is 146 cm³/mol. The van der Waals surface area contributed by atoms with Gasteiger partial charge in [0.1, 0.15) is 0 Å². The fourth-order valence-electron chi connectivity index (χ4n) is 4.38. The van der Waals surface area contributed by atoms with E-state index in [0.717, 1.165) is 16.9 Å². The molecule has 0 heterocycles. The van der Waals surface area contributed by atoms with Crippen LogP contribution < -0.4 is 10.2 Å². The minimum absolute atomic E-state index is 0.104. The number of nitrogens with one attached hydrogen (secondary N) is 1. The molecule has 0 atom stereocenters. The largest absolute Gasteiger partial charge is 0.326 e. The summed E-state index contributed by atoms with van der Waals surface area (Å²) < 4.78 is 0. The van der Waals surface area contributed by atoms with Crippen LogP contribution in [0.1, 0.15) is 92.7 Å². The molecular weight excluding hydrogens is 416 g/mol. The number of para-hydroxylation sites is 1. The topological polar surface area (TPSA) is 32.3 Å². The van der Waals surface area contributed by atoms with Crippen molar-refractivity contribution >= 4 is 17.4 Å². The van der Waals surface area contributed by atoms with Crippen molar-refractivity contribution in [2.45, 2.75) is 79.7 Å². The summed E-state index contributed by atoms with van der Waals surface area (Å²) in [5.41, 5.74) is 9.02. The maximum Gasteiger partial charge on any atom is 0.326 e. The third kappa shape index (κ3) is 5.88. The van der Waals surface area contributed by atoms with E-state index in [1.807, 2.05) is 4.90 Å². The maximum absolute atomic E-state index is 13.9. The van der Waals surface area contributed by atoms with Gasteiger partial charge in [-0.3, -0.25) is 4.90 Å². The van der Waals surface area contributed by atoms with E-state index in [2.05, 4.69) is 121 Å². The number of rotatable bonds is 7. The van der Waals surface area contributed by atoms with Crippen LogP contribution in [-0.2, 0) is 6.54 Å². The quantitative estimate of drug-likeness (QED) is 0.378. The van der Waals surface area contributed by atoms with Gasteiger partial charge in [-0.15, -0.1) is 0 Å². The zero-order valence-corrected chi connectivity index (χ0v) is 22.1. The summed E-state index contributed by atoms with van der Waals surface area (Å²) in [5, 5.41) is 3.32. The molecule has 1 N–H and O–H groups in total. The van der Waals surface area contributed by atoms with E-state index in [1.165, 1.54) is 27.8 Å². The first-order valence-corrected chi connectivity index (χ1v) is 12.5. The van der Waals surface area contributed by atoms with Gasteiger partial charge in [-0.1, -0.05) is 95.6 Å². The average molecular weight is 457 g/mol. The maximum atomic E-state index is 13.9. The molecule has 0 fully saturated rings. The van der Waals surface area contributed by atoms with Gasteiger partial charge in [0.15, 0.2) is 0 Å². The van der Waals surface area contributed by atoms with Gasteiger partial charge in [0.25, 0.3) is 0 Å². The fraction of sp³-hybridized carbons (Fsp3) is 0.387. The summed E-state index contributed by atoms with van der Waals surface area (Å²) >= 11 is 0. The second-order valence-corrected chi connectivity index (χ2v) is 10.3. The highest BCUT2D eigenvalue weighted by molar-refractivity contribution is 6.02. The molecule has 0 spiro atoms. The van der Waals surface area contributed by atoms with Gasteiger partial charge >= 0.3 is 6.03 Å². The molecule has 0 aliphatic heterocycles.